The molecule has 0 aliphatic rings. The van der Waals surface area contributed by atoms with E-state index in [1.807, 2.05) is 5.32 Å². The molecule has 1 rings (SSSR count). The van der Waals surface area contributed by atoms with Crippen molar-refractivity contribution in [1.29, 1.82) is 5.26 Å². The molecule has 1 N–H and O–H groups in total. The molecule has 2 amide bonds. The van der Waals surface area contributed by atoms with Crippen molar-refractivity contribution in [3.8, 4) is 6.07 Å². The Kier molecular flexibility index (Phi) is 6.04. The lowest BCUT2D eigenvalue weighted by molar-refractivity contribution is -0.116. The molecule has 0 atom stereocenters. The topological polar surface area (TPSA) is 79.2 Å². The Labute approximate surface area is 125 Å². The number of nitriles is 1. The molecule has 0 bridgehead atoms. The van der Waals surface area contributed by atoms with Crippen LogP contribution >= 0.6 is 23.2 Å². The predicted molar refractivity (Wildman–Crippen MR) is 75.2 cm³/mol. The SMILES string of the molecule is CCOC(=O)NC(=O)/C(C#N)=C\c1cc(Cl)cc(Cl)c1. The van der Waals surface area contributed by atoms with Crippen LogP contribution in [0, 0.1) is 11.3 Å². The Morgan fingerprint density at radius 1 is 1.35 bits per heavy atom. The normalized spacial score (nSPS) is 10.6. The molecule has 0 heterocycles. The van der Waals surface area contributed by atoms with Crippen molar-refractivity contribution < 1.29 is 14.3 Å². The lowest BCUT2D eigenvalue weighted by Gasteiger charge is -2.03. The van der Waals surface area contributed by atoms with E-state index in [0.29, 0.717) is 15.6 Å². The number of amides is 2. The van der Waals surface area contributed by atoms with E-state index >= 15 is 0 Å². The van der Waals surface area contributed by atoms with Crippen LogP contribution in [0.2, 0.25) is 10.0 Å². The van der Waals surface area contributed by atoms with Crippen molar-refractivity contribution in [1.82, 2.24) is 5.32 Å². The zero-order chi connectivity index (χ0) is 15.1. The van der Waals surface area contributed by atoms with E-state index in [0.717, 1.165) is 0 Å². The predicted octanol–water partition coefficient (Wildman–Crippen LogP) is 3.17. The molecule has 0 spiro atoms. The maximum atomic E-state index is 11.7. The Bertz CT molecular complexity index is 586. The van der Waals surface area contributed by atoms with Gasteiger partial charge in [0.05, 0.1) is 6.61 Å². The number of carbonyl (C=O) groups excluding carboxylic acids is 2. The molecule has 104 valence electrons. The molecule has 0 aliphatic heterocycles. The Morgan fingerprint density at radius 3 is 2.45 bits per heavy atom. The zero-order valence-corrected chi connectivity index (χ0v) is 12.0. The van der Waals surface area contributed by atoms with Crippen LogP contribution in [0.1, 0.15) is 12.5 Å². The lowest BCUT2D eigenvalue weighted by atomic mass is 10.1. The standard InChI is InChI=1S/C13H10Cl2N2O3/c1-2-20-13(19)17-12(18)9(7-16)3-8-4-10(14)6-11(15)5-8/h3-6H,2H2,1H3,(H,17,18,19)/b9-3-. The second-order valence-corrected chi connectivity index (χ2v) is 4.42. The van der Waals surface area contributed by atoms with Crippen LogP contribution in [0.3, 0.4) is 0 Å². The maximum absolute atomic E-state index is 11.7. The highest BCUT2D eigenvalue weighted by Gasteiger charge is 2.13. The highest BCUT2D eigenvalue weighted by Crippen LogP contribution is 2.20. The molecule has 0 aliphatic carbocycles. The molecular formula is C13H10Cl2N2O3. The van der Waals surface area contributed by atoms with E-state index in [9.17, 15) is 9.59 Å². The van der Waals surface area contributed by atoms with E-state index in [-0.39, 0.29) is 12.2 Å². The average molecular weight is 313 g/mol. The van der Waals surface area contributed by atoms with Crippen molar-refractivity contribution in [3.05, 3.63) is 39.4 Å². The first-order chi connectivity index (χ1) is 9.46. The summed E-state index contributed by atoms with van der Waals surface area (Å²) >= 11 is 11.6. The molecule has 20 heavy (non-hydrogen) atoms. The van der Waals surface area contributed by atoms with Crippen LogP contribution in [0.4, 0.5) is 4.79 Å². The van der Waals surface area contributed by atoms with Gasteiger partial charge in [0.2, 0.25) is 0 Å². The Balaban J connectivity index is 2.95. The van der Waals surface area contributed by atoms with Gasteiger partial charge >= 0.3 is 6.09 Å². The number of nitrogens with one attached hydrogen (secondary N) is 1. The van der Waals surface area contributed by atoms with Crippen LogP contribution in [0.5, 0.6) is 0 Å². The smallest absolute Gasteiger partial charge is 0.414 e. The van der Waals surface area contributed by atoms with E-state index < -0.39 is 12.0 Å². The van der Waals surface area contributed by atoms with Gasteiger partial charge in [-0.3, -0.25) is 10.1 Å². The Hall–Kier alpha value is -2.03. The minimum absolute atomic E-state index is 0.120. The molecular weight excluding hydrogens is 303 g/mol. The van der Waals surface area contributed by atoms with Crippen LogP contribution in [0.25, 0.3) is 6.08 Å². The van der Waals surface area contributed by atoms with E-state index in [4.69, 9.17) is 28.5 Å². The van der Waals surface area contributed by atoms with Crippen molar-refractivity contribution in [2.45, 2.75) is 6.92 Å². The summed E-state index contributed by atoms with van der Waals surface area (Å²) in [4.78, 5) is 22.8. The first kappa shape index (κ1) is 16.0. The van der Waals surface area contributed by atoms with Gasteiger partial charge in [0.25, 0.3) is 5.91 Å². The quantitative estimate of drug-likeness (QED) is 0.686. The molecule has 0 unspecified atom stereocenters. The summed E-state index contributed by atoms with van der Waals surface area (Å²) in [7, 11) is 0. The second kappa shape index (κ2) is 7.53. The Morgan fingerprint density at radius 2 is 1.95 bits per heavy atom. The molecule has 0 radical (unpaired) electrons. The molecule has 5 nitrogen and oxygen atoms in total. The lowest BCUT2D eigenvalue weighted by Crippen LogP contribution is -2.31. The van der Waals surface area contributed by atoms with E-state index in [1.165, 1.54) is 24.3 Å². The highest BCUT2D eigenvalue weighted by atomic mass is 35.5. The van der Waals surface area contributed by atoms with Gasteiger partial charge in [0, 0.05) is 10.0 Å². The summed E-state index contributed by atoms with van der Waals surface area (Å²) < 4.78 is 4.55. The van der Waals surface area contributed by atoms with Crippen LogP contribution < -0.4 is 5.32 Å². The number of rotatable bonds is 3. The molecule has 0 saturated heterocycles. The van der Waals surface area contributed by atoms with Crippen molar-refractivity contribution in [2.24, 2.45) is 0 Å². The highest BCUT2D eigenvalue weighted by molar-refractivity contribution is 6.34. The van der Waals surface area contributed by atoms with Gasteiger partial charge in [0.15, 0.2) is 0 Å². The van der Waals surface area contributed by atoms with E-state index in [1.54, 1.807) is 13.0 Å². The van der Waals surface area contributed by atoms with Gasteiger partial charge < -0.3 is 4.74 Å². The van der Waals surface area contributed by atoms with E-state index in [2.05, 4.69) is 4.74 Å². The number of nitrogens with zero attached hydrogens (tertiary/aromatic N) is 1. The number of hydrogen-bond donors (Lipinski definition) is 1. The van der Waals surface area contributed by atoms with Crippen molar-refractivity contribution in [3.63, 3.8) is 0 Å². The molecule has 0 fully saturated rings. The third kappa shape index (κ3) is 4.92. The van der Waals surface area contributed by atoms with Gasteiger partial charge in [-0.1, -0.05) is 23.2 Å². The first-order valence-corrected chi connectivity index (χ1v) is 6.28. The molecule has 0 saturated carbocycles. The fourth-order valence-corrected chi connectivity index (χ4v) is 1.84. The number of imide groups is 1. The average Bonchev–Trinajstić information content (AvgIpc) is 2.34. The monoisotopic (exact) mass is 312 g/mol. The maximum Gasteiger partial charge on any atom is 0.414 e. The van der Waals surface area contributed by atoms with Crippen LogP contribution in [0.15, 0.2) is 23.8 Å². The van der Waals surface area contributed by atoms with Gasteiger partial charge in [-0.25, -0.2) is 4.79 Å². The van der Waals surface area contributed by atoms with Gasteiger partial charge in [0.1, 0.15) is 11.6 Å². The summed E-state index contributed by atoms with van der Waals surface area (Å²) in [6.45, 7) is 1.72. The fourth-order valence-electron chi connectivity index (χ4n) is 1.30. The minimum Gasteiger partial charge on any atom is -0.450 e. The summed E-state index contributed by atoms with van der Waals surface area (Å²) in [5.41, 5.74) is 0.203. The van der Waals surface area contributed by atoms with Gasteiger partial charge in [-0.05, 0) is 36.8 Å². The summed E-state index contributed by atoms with van der Waals surface area (Å²) in [6.07, 6.45) is 0.356. The third-order valence-electron chi connectivity index (χ3n) is 2.05. The third-order valence-corrected chi connectivity index (χ3v) is 2.49. The number of halogens is 2. The number of hydrogen-bond acceptors (Lipinski definition) is 4. The van der Waals surface area contributed by atoms with Gasteiger partial charge in [-0.2, -0.15) is 5.26 Å². The largest absolute Gasteiger partial charge is 0.450 e. The summed E-state index contributed by atoms with van der Waals surface area (Å²) in [5.74, 6) is -0.859. The number of alkyl carbamates (subject to hydrolysis) is 1. The fraction of sp³-hybridized carbons (Fsp3) is 0.154. The number of ether oxygens (including phenoxy) is 1. The number of carbonyl (C=O) groups is 2. The van der Waals surface area contributed by atoms with Crippen LogP contribution in [-0.2, 0) is 9.53 Å². The minimum atomic E-state index is -0.914. The molecule has 1 aromatic rings. The van der Waals surface area contributed by atoms with Gasteiger partial charge in [-0.15, -0.1) is 0 Å². The van der Waals surface area contributed by atoms with Crippen molar-refractivity contribution in [2.75, 3.05) is 6.61 Å². The van der Waals surface area contributed by atoms with Crippen LogP contribution in [-0.4, -0.2) is 18.6 Å². The second-order valence-electron chi connectivity index (χ2n) is 3.55. The van der Waals surface area contributed by atoms with Crippen molar-refractivity contribution >= 4 is 41.3 Å². The molecule has 7 heteroatoms. The zero-order valence-electron chi connectivity index (χ0n) is 10.4. The molecule has 1 aromatic carbocycles. The summed E-state index contributed by atoms with van der Waals surface area (Å²) in [5, 5.41) is 11.6. The first-order valence-electron chi connectivity index (χ1n) is 5.52. The molecule has 0 aromatic heterocycles. The number of benzene rings is 1. The summed E-state index contributed by atoms with van der Waals surface area (Å²) in [6, 6.07) is 6.27.